The molecule has 0 radical (unpaired) electrons. The van der Waals surface area contributed by atoms with Crippen LogP contribution >= 0.6 is 0 Å². The van der Waals surface area contributed by atoms with Crippen LogP contribution in [0.25, 0.3) is 0 Å². The van der Waals surface area contributed by atoms with Crippen LogP contribution in [0.15, 0.2) is 24.3 Å². The fraction of sp³-hybridized carbons (Fsp3) is 0.600. The quantitative estimate of drug-likeness (QED) is 0.873. The molecule has 21 heavy (non-hydrogen) atoms. The minimum absolute atomic E-state index is 0.189. The van der Waals surface area contributed by atoms with Gasteiger partial charge in [-0.25, -0.2) is 0 Å². The predicted molar refractivity (Wildman–Crippen MR) is 74.2 cm³/mol. The Morgan fingerprint density at radius 1 is 1.24 bits per heavy atom. The summed E-state index contributed by atoms with van der Waals surface area (Å²) in [6.07, 6.45) is 1.78. The van der Waals surface area contributed by atoms with E-state index in [-0.39, 0.29) is 12.4 Å². The molecule has 1 unspecified atom stereocenters. The highest BCUT2D eigenvalue weighted by Crippen LogP contribution is 2.26. The van der Waals surface area contributed by atoms with Crippen molar-refractivity contribution in [2.75, 3.05) is 19.7 Å². The summed E-state index contributed by atoms with van der Waals surface area (Å²) in [6, 6.07) is 6.74. The smallest absolute Gasteiger partial charge is 0.387 e. The van der Waals surface area contributed by atoms with Crippen LogP contribution < -0.4 is 4.74 Å². The molecule has 4 nitrogen and oxygen atoms in total. The maximum Gasteiger partial charge on any atom is 0.387 e. The molecule has 1 saturated heterocycles. The lowest BCUT2D eigenvalue weighted by atomic mass is 9.96. The molecule has 2 N–H and O–H groups in total. The van der Waals surface area contributed by atoms with Crippen molar-refractivity contribution in [3.8, 4) is 5.75 Å². The Labute approximate surface area is 123 Å². The van der Waals surface area contributed by atoms with Crippen molar-refractivity contribution in [3.05, 3.63) is 29.8 Å². The van der Waals surface area contributed by atoms with Crippen LogP contribution in [0, 0.1) is 0 Å². The molecular weight excluding hydrogens is 280 g/mol. The van der Waals surface area contributed by atoms with Crippen LogP contribution in [0.5, 0.6) is 5.75 Å². The largest absolute Gasteiger partial charge is 0.434 e. The lowest BCUT2D eigenvalue weighted by Gasteiger charge is -2.24. The topological polar surface area (TPSA) is 52.9 Å². The van der Waals surface area contributed by atoms with E-state index in [1.165, 1.54) is 6.07 Å². The molecule has 1 aliphatic heterocycles. The zero-order valence-corrected chi connectivity index (χ0v) is 11.8. The van der Waals surface area contributed by atoms with Crippen LogP contribution in [0.1, 0.15) is 24.8 Å². The van der Waals surface area contributed by atoms with Crippen LogP contribution in [-0.2, 0) is 6.54 Å². The Hall–Kier alpha value is -1.24. The minimum Gasteiger partial charge on any atom is -0.434 e. The second-order valence-electron chi connectivity index (χ2n) is 5.50. The van der Waals surface area contributed by atoms with Crippen LogP contribution in [0.3, 0.4) is 0 Å². The lowest BCUT2D eigenvalue weighted by Crippen LogP contribution is -2.34. The van der Waals surface area contributed by atoms with Crippen molar-refractivity contribution < 1.29 is 23.7 Å². The number of ether oxygens (including phenoxy) is 1. The number of nitrogens with zero attached hydrogens (tertiary/aromatic N) is 1. The van der Waals surface area contributed by atoms with E-state index in [2.05, 4.69) is 9.64 Å². The van der Waals surface area contributed by atoms with Crippen LogP contribution in [0.4, 0.5) is 8.78 Å². The fourth-order valence-corrected chi connectivity index (χ4v) is 2.64. The van der Waals surface area contributed by atoms with E-state index in [1.54, 1.807) is 18.2 Å². The Morgan fingerprint density at radius 2 is 2.00 bits per heavy atom. The third kappa shape index (κ3) is 4.62. The predicted octanol–water partition coefficient (Wildman–Crippen LogP) is 2.00. The normalized spacial score (nSPS) is 24.0. The summed E-state index contributed by atoms with van der Waals surface area (Å²) in [5.74, 6) is 0.189. The molecule has 118 valence electrons. The number of hydrogen-bond donors (Lipinski definition) is 2. The molecule has 1 atom stereocenters. The third-order valence-corrected chi connectivity index (χ3v) is 3.89. The van der Waals surface area contributed by atoms with Crippen LogP contribution in [-0.4, -0.2) is 47.0 Å². The van der Waals surface area contributed by atoms with Crippen molar-refractivity contribution >= 4 is 0 Å². The summed E-state index contributed by atoms with van der Waals surface area (Å²) < 4.78 is 29.3. The third-order valence-electron chi connectivity index (χ3n) is 3.89. The first kappa shape index (κ1) is 16.1. The second-order valence-corrected chi connectivity index (χ2v) is 5.50. The molecule has 1 aliphatic rings. The van der Waals surface area contributed by atoms with Gasteiger partial charge < -0.3 is 14.9 Å². The first-order chi connectivity index (χ1) is 10.0. The van der Waals surface area contributed by atoms with E-state index in [1.807, 2.05) is 0 Å². The standard InChI is InChI=1S/C15H21F2NO3/c16-14(17)21-13-5-2-1-4-12(13)10-18-8-3-6-15(20,11-19)7-9-18/h1-2,4-5,14,19-20H,3,6-11H2. The summed E-state index contributed by atoms with van der Waals surface area (Å²) in [4.78, 5) is 2.08. The van der Waals surface area contributed by atoms with Gasteiger partial charge in [0.1, 0.15) is 5.75 Å². The highest BCUT2D eigenvalue weighted by molar-refractivity contribution is 5.33. The number of halogens is 2. The van der Waals surface area contributed by atoms with Gasteiger partial charge in [0.2, 0.25) is 0 Å². The number of para-hydroxylation sites is 1. The average molecular weight is 301 g/mol. The summed E-state index contributed by atoms with van der Waals surface area (Å²) in [6.45, 7) is -1.23. The number of hydrogen-bond acceptors (Lipinski definition) is 4. The molecule has 2 rings (SSSR count). The average Bonchev–Trinajstić information content (AvgIpc) is 2.64. The molecule has 1 aromatic carbocycles. The first-order valence-corrected chi connectivity index (χ1v) is 7.11. The maximum atomic E-state index is 12.4. The van der Waals surface area contributed by atoms with Gasteiger partial charge in [-0.1, -0.05) is 18.2 Å². The molecule has 0 aromatic heterocycles. The summed E-state index contributed by atoms with van der Waals surface area (Å²) in [5, 5.41) is 19.3. The van der Waals surface area contributed by atoms with Gasteiger partial charge in [0.15, 0.2) is 0 Å². The summed E-state index contributed by atoms with van der Waals surface area (Å²) in [7, 11) is 0. The maximum absolute atomic E-state index is 12.4. The second kappa shape index (κ2) is 7.15. The Bertz CT molecular complexity index is 458. The van der Waals surface area contributed by atoms with E-state index in [0.29, 0.717) is 31.5 Å². The van der Waals surface area contributed by atoms with Gasteiger partial charge in [-0.15, -0.1) is 0 Å². The lowest BCUT2D eigenvalue weighted by molar-refractivity contribution is -0.0508. The molecule has 0 aliphatic carbocycles. The highest BCUT2D eigenvalue weighted by atomic mass is 19.3. The van der Waals surface area contributed by atoms with Crippen molar-refractivity contribution in [1.29, 1.82) is 0 Å². The van der Waals surface area contributed by atoms with Gasteiger partial charge in [-0.3, -0.25) is 4.90 Å². The van der Waals surface area contributed by atoms with Gasteiger partial charge in [0.05, 0.1) is 12.2 Å². The Kier molecular flexibility index (Phi) is 5.50. The van der Waals surface area contributed by atoms with Gasteiger partial charge in [-0.05, 0) is 31.9 Å². The number of alkyl halides is 2. The molecule has 0 saturated carbocycles. The van der Waals surface area contributed by atoms with Crippen LogP contribution in [0.2, 0.25) is 0 Å². The molecule has 1 aromatic rings. The Morgan fingerprint density at radius 3 is 2.71 bits per heavy atom. The van der Waals surface area contributed by atoms with E-state index in [9.17, 15) is 19.0 Å². The van der Waals surface area contributed by atoms with Gasteiger partial charge in [0.25, 0.3) is 0 Å². The number of aliphatic hydroxyl groups excluding tert-OH is 1. The van der Waals surface area contributed by atoms with Crippen molar-refractivity contribution in [3.63, 3.8) is 0 Å². The van der Waals surface area contributed by atoms with E-state index in [4.69, 9.17) is 0 Å². The first-order valence-electron chi connectivity index (χ1n) is 7.11. The Balaban J connectivity index is 2.01. The summed E-state index contributed by atoms with van der Waals surface area (Å²) >= 11 is 0. The number of aliphatic hydroxyl groups is 2. The number of benzene rings is 1. The fourth-order valence-electron chi connectivity index (χ4n) is 2.64. The SMILES string of the molecule is OCC1(O)CCCN(Cc2ccccc2OC(F)F)CC1. The van der Waals surface area contributed by atoms with Gasteiger partial charge in [-0.2, -0.15) is 8.78 Å². The molecule has 0 spiro atoms. The van der Waals surface area contributed by atoms with Crippen molar-refractivity contribution in [1.82, 2.24) is 4.90 Å². The van der Waals surface area contributed by atoms with Crippen molar-refractivity contribution in [2.24, 2.45) is 0 Å². The number of rotatable bonds is 5. The van der Waals surface area contributed by atoms with E-state index in [0.717, 1.165) is 13.0 Å². The molecule has 0 bridgehead atoms. The van der Waals surface area contributed by atoms with E-state index < -0.39 is 12.2 Å². The van der Waals surface area contributed by atoms with E-state index >= 15 is 0 Å². The molecular formula is C15H21F2NO3. The number of likely N-dealkylation sites (tertiary alicyclic amines) is 1. The van der Waals surface area contributed by atoms with Crippen molar-refractivity contribution in [2.45, 2.75) is 38.0 Å². The molecule has 6 heteroatoms. The van der Waals surface area contributed by atoms with Gasteiger partial charge in [0, 0.05) is 18.7 Å². The highest BCUT2D eigenvalue weighted by Gasteiger charge is 2.29. The molecule has 0 amide bonds. The minimum atomic E-state index is -2.84. The van der Waals surface area contributed by atoms with Gasteiger partial charge >= 0.3 is 6.61 Å². The molecule has 1 fully saturated rings. The summed E-state index contributed by atoms with van der Waals surface area (Å²) in [5.41, 5.74) is -0.319. The zero-order valence-electron chi connectivity index (χ0n) is 11.8. The monoisotopic (exact) mass is 301 g/mol. The zero-order chi connectivity index (χ0) is 15.3. The molecule has 1 heterocycles.